The highest BCUT2D eigenvalue weighted by Gasteiger charge is 2.06. The molecule has 132 valence electrons. The molecule has 0 radical (unpaired) electrons. The van der Waals surface area contributed by atoms with E-state index in [2.05, 4.69) is 53.7 Å². The molecule has 0 heterocycles. The Morgan fingerprint density at radius 2 is 1.21 bits per heavy atom. The molecule has 0 aromatic heterocycles. The fourth-order valence-electron chi connectivity index (χ4n) is 2.31. The maximum atomic E-state index is 5.81. The van der Waals surface area contributed by atoms with Gasteiger partial charge in [0.15, 0.2) is 0 Å². The quantitative estimate of drug-likeness (QED) is 0.544. The van der Waals surface area contributed by atoms with Crippen LogP contribution in [0.2, 0.25) is 10.0 Å². The van der Waals surface area contributed by atoms with Crippen molar-refractivity contribution in [1.82, 2.24) is 0 Å². The zero-order chi connectivity index (χ0) is 18.4. The van der Waals surface area contributed by atoms with E-state index in [0.29, 0.717) is 21.9 Å². The van der Waals surface area contributed by atoms with E-state index in [1.807, 2.05) is 12.1 Å². The second-order valence-electron chi connectivity index (χ2n) is 6.68. The molecule has 0 aliphatic heterocycles. The largest absolute Gasteiger partial charge is 0.496 e. The molecule has 0 atom stereocenters. The van der Waals surface area contributed by atoms with E-state index in [-0.39, 0.29) is 0 Å². The Labute approximate surface area is 156 Å². The molecule has 0 bridgehead atoms. The van der Waals surface area contributed by atoms with Gasteiger partial charge in [-0.25, -0.2) is 0 Å². The molecule has 24 heavy (non-hydrogen) atoms. The molecule has 0 aliphatic carbocycles. The van der Waals surface area contributed by atoms with E-state index < -0.39 is 0 Å². The highest BCUT2D eigenvalue weighted by Crippen LogP contribution is 2.27. The molecule has 0 N–H and O–H groups in total. The van der Waals surface area contributed by atoms with Crippen LogP contribution in [0.5, 0.6) is 5.75 Å². The fourth-order valence-corrected chi connectivity index (χ4v) is 2.85. The minimum absolute atomic E-state index is 0.478. The first-order chi connectivity index (χ1) is 11.1. The molecule has 2 rings (SSSR count). The molecule has 0 saturated heterocycles. The van der Waals surface area contributed by atoms with Gasteiger partial charge in [-0.05, 0) is 72.2 Å². The smallest absolute Gasteiger partial charge is 0.122 e. The third-order valence-corrected chi connectivity index (χ3v) is 4.52. The minimum Gasteiger partial charge on any atom is -0.496 e. The Kier molecular flexibility index (Phi) is 8.12. The van der Waals surface area contributed by atoms with E-state index >= 15 is 0 Å². The lowest BCUT2D eigenvalue weighted by molar-refractivity contribution is 0.410. The molecule has 2 aromatic rings. The average Bonchev–Trinajstić information content (AvgIpc) is 2.49. The second kappa shape index (κ2) is 9.34. The predicted molar refractivity (Wildman–Crippen MR) is 107 cm³/mol. The molecular formula is C21H28Cl2O. The van der Waals surface area contributed by atoms with E-state index in [4.69, 9.17) is 27.9 Å². The summed E-state index contributed by atoms with van der Waals surface area (Å²) in [5.74, 6) is 2.04. The first-order valence-corrected chi connectivity index (χ1v) is 9.02. The molecule has 3 heteroatoms. The number of aryl methyl sites for hydroxylation is 1. The Balaban J connectivity index is 0.000000243. The first-order valence-electron chi connectivity index (χ1n) is 8.26. The van der Waals surface area contributed by atoms with E-state index in [0.717, 1.165) is 5.75 Å². The molecular weight excluding hydrogens is 339 g/mol. The summed E-state index contributed by atoms with van der Waals surface area (Å²) in [5.41, 5.74) is 5.08. The monoisotopic (exact) mass is 366 g/mol. The maximum Gasteiger partial charge on any atom is 0.122 e. The first kappa shape index (κ1) is 20.9. The van der Waals surface area contributed by atoms with Crippen molar-refractivity contribution in [1.29, 1.82) is 0 Å². The summed E-state index contributed by atoms with van der Waals surface area (Å²) in [6.07, 6.45) is 0. The number of halogens is 2. The van der Waals surface area contributed by atoms with Gasteiger partial charge in [-0.3, -0.25) is 0 Å². The van der Waals surface area contributed by atoms with Gasteiger partial charge in [0.05, 0.1) is 7.11 Å². The molecule has 2 aromatic carbocycles. The van der Waals surface area contributed by atoms with Crippen LogP contribution in [0.1, 0.15) is 61.8 Å². The highest BCUT2D eigenvalue weighted by atomic mass is 35.5. The topological polar surface area (TPSA) is 9.23 Å². The van der Waals surface area contributed by atoms with E-state index in [1.165, 1.54) is 22.3 Å². The fraction of sp³-hybridized carbons (Fsp3) is 0.429. The second-order valence-corrected chi connectivity index (χ2v) is 7.55. The van der Waals surface area contributed by atoms with Crippen LogP contribution >= 0.6 is 23.2 Å². The number of benzene rings is 2. The summed E-state index contributed by atoms with van der Waals surface area (Å²) in [7, 11) is 1.73. The van der Waals surface area contributed by atoms with Crippen LogP contribution in [-0.4, -0.2) is 7.11 Å². The SMILES string of the molecule is CC(C)c1cc(Cl)cc(Cl)c1.COc1cc(C(C)C)cc(C)c1C. The molecule has 0 saturated carbocycles. The van der Waals surface area contributed by atoms with Gasteiger partial charge in [-0.15, -0.1) is 0 Å². The third-order valence-electron chi connectivity index (χ3n) is 4.08. The lowest BCUT2D eigenvalue weighted by atomic mass is 9.98. The van der Waals surface area contributed by atoms with Gasteiger partial charge < -0.3 is 4.74 Å². The number of rotatable bonds is 3. The van der Waals surface area contributed by atoms with Crippen molar-refractivity contribution < 1.29 is 4.74 Å². The van der Waals surface area contributed by atoms with Gasteiger partial charge in [0.25, 0.3) is 0 Å². The lowest BCUT2D eigenvalue weighted by Crippen LogP contribution is -1.95. The van der Waals surface area contributed by atoms with E-state index in [1.54, 1.807) is 13.2 Å². The minimum atomic E-state index is 0.478. The summed E-state index contributed by atoms with van der Waals surface area (Å²) < 4.78 is 5.32. The standard InChI is InChI=1S/C12H18O.C9H10Cl2/c1-8(2)11-6-9(3)10(4)12(7-11)13-5;1-6(2)7-3-8(10)5-9(11)4-7/h6-8H,1-5H3;3-6H,1-2H3. The molecule has 0 spiro atoms. The number of hydrogen-bond acceptors (Lipinski definition) is 1. The Hall–Kier alpha value is -1.18. The van der Waals surface area contributed by atoms with Gasteiger partial charge in [-0.1, -0.05) is 57.0 Å². The average molecular weight is 367 g/mol. The van der Waals surface area contributed by atoms with Crippen LogP contribution in [0.4, 0.5) is 0 Å². The van der Waals surface area contributed by atoms with Crippen LogP contribution in [0.15, 0.2) is 30.3 Å². The van der Waals surface area contributed by atoms with Gasteiger partial charge in [0, 0.05) is 10.0 Å². The van der Waals surface area contributed by atoms with Crippen molar-refractivity contribution in [3.8, 4) is 5.75 Å². The zero-order valence-electron chi connectivity index (χ0n) is 15.7. The van der Waals surface area contributed by atoms with Crippen molar-refractivity contribution in [3.05, 3.63) is 62.6 Å². The predicted octanol–water partition coefficient (Wildman–Crippen LogP) is 7.55. The van der Waals surface area contributed by atoms with E-state index in [9.17, 15) is 0 Å². The Bertz CT molecular complexity index is 656. The van der Waals surface area contributed by atoms with Crippen molar-refractivity contribution in [3.63, 3.8) is 0 Å². The van der Waals surface area contributed by atoms with Crippen LogP contribution in [0.3, 0.4) is 0 Å². The van der Waals surface area contributed by atoms with Gasteiger partial charge in [0.2, 0.25) is 0 Å². The molecule has 1 nitrogen and oxygen atoms in total. The zero-order valence-corrected chi connectivity index (χ0v) is 17.2. The van der Waals surface area contributed by atoms with Crippen molar-refractivity contribution in [2.45, 2.75) is 53.4 Å². The summed E-state index contributed by atoms with van der Waals surface area (Å²) in [5, 5.41) is 1.42. The normalized spacial score (nSPS) is 10.6. The summed E-state index contributed by atoms with van der Waals surface area (Å²) >= 11 is 11.6. The summed E-state index contributed by atoms with van der Waals surface area (Å²) in [6.45, 7) is 12.8. The van der Waals surface area contributed by atoms with Gasteiger partial charge in [0.1, 0.15) is 5.75 Å². The third kappa shape index (κ3) is 6.03. The van der Waals surface area contributed by atoms with Crippen molar-refractivity contribution in [2.75, 3.05) is 7.11 Å². The lowest BCUT2D eigenvalue weighted by Gasteiger charge is -2.12. The van der Waals surface area contributed by atoms with Crippen LogP contribution < -0.4 is 4.74 Å². The van der Waals surface area contributed by atoms with Gasteiger partial charge >= 0.3 is 0 Å². The molecule has 0 amide bonds. The summed E-state index contributed by atoms with van der Waals surface area (Å²) in [6, 6.07) is 10.0. The van der Waals surface area contributed by atoms with Crippen molar-refractivity contribution >= 4 is 23.2 Å². The number of ether oxygens (including phenoxy) is 1. The van der Waals surface area contributed by atoms with Crippen LogP contribution in [0, 0.1) is 13.8 Å². The van der Waals surface area contributed by atoms with Crippen LogP contribution in [-0.2, 0) is 0 Å². The number of hydrogen-bond donors (Lipinski definition) is 0. The Morgan fingerprint density at radius 3 is 1.62 bits per heavy atom. The highest BCUT2D eigenvalue weighted by molar-refractivity contribution is 6.34. The molecule has 0 unspecified atom stereocenters. The van der Waals surface area contributed by atoms with Crippen molar-refractivity contribution in [2.24, 2.45) is 0 Å². The van der Waals surface area contributed by atoms with Gasteiger partial charge in [-0.2, -0.15) is 0 Å². The maximum absolute atomic E-state index is 5.81. The number of methoxy groups -OCH3 is 1. The molecule has 0 fully saturated rings. The summed E-state index contributed by atoms with van der Waals surface area (Å²) in [4.78, 5) is 0. The Morgan fingerprint density at radius 1 is 0.750 bits per heavy atom. The van der Waals surface area contributed by atoms with Crippen LogP contribution in [0.25, 0.3) is 0 Å². The molecule has 0 aliphatic rings.